The molecule has 2 aliphatic heterocycles. The van der Waals surface area contributed by atoms with Crippen LogP contribution in [0, 0.1) is 5.92 Å². The summed E-state index contributed by atoms with van der Waals surface area (Å²) in [5.41, 5.74) is 0.143. The highest BCUT2D eigenvalue weighted by molar-refractivity contribution is 7.93. The van der Waals surface area contributed by atoms with Gasteiger partial charge in [0.2, 0.25) is 0 Å². The van der Waals surface area contributed by atoms with Gasteiger partial charge in [0.05, 0.1) is 10.5 Å². The van der Waals surface area contributed by atoms with E-state index in [0.717, 1.165) is 12.8 Å². The molecule has 0 spiro atoms. The monoisotopic (exact) mass is 310 g/mol. The number of fused-ring (bicyclic) bond motifs is 2. The zero-order valence-corrected chi connectivity index (χ0v) is 12.3. The predicted octanol–water partition coefficient (Wildman–Crippen LogP) is 1.55. The molecule has 0 radical (unpaired) electrons. The van der Waals surface area contributed by atoms with Crippen molar-refractivity contribution in [3.05, 3.63) is 23.9 Å². The van der Waals surface area contributed by atoms with Crippen molar-refractivity contribution in [2.75, 3.05) is 11.9 Å². The first-order valence-corrected chi connectivity index (χ1v) is 8.74. The third-order valence-electron chi connectivity index (χ3n) is 4.53. The lowest BCUT2D eigenvalue weighted by Crippen LogP contribution is -2.35. The van der Waals surface area contributed by atoms with Gasteiger partial charge >= 0.3 is 5.97 Å². The highest BCUT2D eigenvalue weighted by atomic mass is 32.2. The van der Waals surface area contributed by atoms with Gasteiger partial charge in [0.1, 0.15) is 11.4 Å². The second kappa shape index (κ2) is 5.29. The summed E-state index contributed by atoms with van der Waals surface area (Å²) in [6.45, 7) is 0.569. The number of carbonyl (C=O) groups is 1. The molecule has 2 unspecified atom stereocenters. The van der Waals surface area contributed by atoms with Gasteiger partial charge in [-0.3, -0.25) is 0 Å². The number of aromatic nitrogens is 1. The lowest BCUT2D eigenvalue weighted by molar-refractivity contribution is 0.0697. The Hall–Kier alpha value is -1.63. The molecule has 21 heavy (non-hydrogen) atoms. The Kier molecular flexibility index (Phi) is 3.61. The van der Waals surface area contributed by atoms with E-state index in [1.54, 1.807) is 12.3 Å². The zero-order chi connectivity index (χ0) is 15.0. The van der Waals surface area contributed by atoms with Gasteiger partial charge < -0.3 is 10.4 Å². The van der Waals surface area contributed by atoms with Crippen LogP contribution in [0.3, 0.4) is 0 Å². The molecule has 2 bridgehead atoms. The number of carboxylic acids is 1. The maximum Gasteiger partial charge on any atom is 0.339 e. The fourth-order valence-electron chi connectivity index (χ4n) is 3.44. The van der Waals surface area contributed by atoms with Gasteiger partial charge in [-0.1, -0.05) is 0 Å². The van der Waals surface area contributed by atoms with Crippen molar-refractivity contribution >= 4 is 21.6 Å². The number of anilines is 1. The van der Waals surface area contributed by atoms with Crippen LogP contribution in [0.5, 0.6) is 0 Å². The number of rotatable bonds is 4. The number of hydrogen-bond donors (Lipinski definition) is 2. The van der Waals surface area contributed by atoms with Crippen LogP contribution in [-0.2, 0) is 9.84 Å². The van der Waals surface area contributed by atoms with Crippen molar-refractivity contribution < 1.29 is 18.3 Å². The van der Waals surface area contributed by atoms with Gasteiger partial charge in [-0.25, -0.2) is 18.2 Å². The van der Waals surface area contributed by atoms with Gasteiger partial charge in [0, 0.05) is 12.7 Å². The van der Waals surface area contributed by atoms with Crippen LogP contribution < -0.4 is 5.32 Å². The minimum Gasteiger partial charge on any atom is -0.478 e. The molecular weight excluding hydrogens is 292 g/mol. The molecule has 0 saturated carbocycles. The van der Waals surface area contributed by atoms with E-state index in [2.05, 4.69) is 10.3 Å². The fourth-order valence-corrected chi connectivity index (χ4v) is 6.00. The summed E-state index contributed by atoms with van der Waals surface area (Å²) in [6, 6.07) is 3.09. The molecule has 114 valence electrons. The van der Waals surface area contributed by atoms with E-state index in [4.69, 9.17) is 5.11 Å². The first-order chi connectivity index (χ1) is 9.98. The van der Waals surface area contributed by atoms with Crippen molar-refractivity contribution in [3.63, 3.8) is 0 Å². The summed E-state index contributed by atoms with van der Waals surface area (Å²) in [7, 11) is -2.90. The topological polar surface area (TPSA) is 96.4 Å². The lowest BCUT2D eigenvalue weighted by atomic mass is 9.99. The Morgan fingerprint density at radius 3 is 2.62 bits per heavy atom. The normalized spacial score (nSPS) is 30.0. The van der Waals surface area contributed by atoms with Crippen LogP contribution in [-0.4, -0.2) is 41.5 Å². The van der Waals surface area contributed by atoms with E-state index < -0.39 is 15.8 Å². The van der Waals surface area contributed by atoms with E-state index in [-0.39, 0.29) is 22.0 Å². The van der Waals surface area contributed by atoms with Crippen molar-refractivity contribution in [2.45, 2.75) is 36.2 Å². The van der Waals surface area contributed by atoms with Gasteiger partial charge in [0.15, 0.2) is 9.84 Å². The minimum atomic E-state index is -2.90. The number of aromatic carboxylic acids is 1. The highest BCUT2D eigenvalue weighted by Gasteiger charge is 2.46. The third kappa shape index (κ3) is 2.62. The molecule has 2 N–H and O–H groups in total. The number of nitrogens with one attached hydrogen (secondary N) is 1. The molecule has 6 nitrogen and oxygen atoms in total. The molecule has 7 heteroatoms. The quantitative estimate of drug-likeness (QED) is 0.876. The van der Waals surface area contributed by atoms with Gasteiger partial charge in [-0.15, -0.1) is 0 Å². The summed E-state index contributed by atoms with van der Waals surface area (Å²) in [5.74, 6) is -0.405. The number of hydrogen-bond acceptors (Lipinski definition) is 5. The predicted molar refractivity (Wildman–Crippen MR) is 78.1 cm³/mol. The number of nitrogens with zero attached hydrogens (tertiary/aromatic N) is 1. The summed E-state index contributed by atoms with van der Waals surface area (Å²) < 4.78 is 24.1. The van der Waals surface area contributed by atoms with E-state index in [9.17, 15) is 13.2 Å². The molecule has 0 amide bonds. The third-order valence-corrected chi connectivity index (χ3v) is 7.24. The maximum atomic E-state index is 12.0. The van der Waals surface area contributed by atoms with Gasteiger partial charge in [0.25, 0.3) is 0 Å². The molecule has 3 heterocycles. The number of sulfone groups is 1. The zero-order valence-electron chi connectivity index (χ0n) is 11.5. The second-order valence-corrected chi connectivity index (χ2v) is 8.34. The minimum absolute atomic E-state index is 0.143. The average molecular weight is 310 g/mol. The number of carboxylic acid groups (broad SMARTS) is 1. The second-order valence-electron chi connectivity index (χ2n) is 5.83. The first-order valence-electron chi connectivity index (χ1n) is 7.13. The van der Waals surface area contributed by atoms with Crippen molar-refractivity contribution in [3.8, 4) is 0 Å². The average Bonchev–Trinajstić information content (AvgIpc) is 2.65. The Labute approximate surface area is 123 Å². The van der Waals surface area contributed by atoms with Gasteiger partial charge in [-0.05, 0) is 43.7 Å². The standard InChI is InChI=1S/C14H18N2O4S/c17-14(18)12-2-1-5-15-13(12)16-8-9-6-10-3-4-11(7-9)21(10,19)20/h1-2,5,9-11H,3-4,6-8H2,(H,15,16)(H,17,18). The maximum absolute atomic E-state index is 12.0. The van der Waals surface area contributed by atoms with Crippen molar-refractivity contribution in [1.29, 1.82) is 0 Å². The molecule has 0 aliphatic carbocycles. The van der Waals surface area contributed by atoms with E-state index in [1.165, 1.54) is 6.07 Å². The van der Waals surface area contributed by atoms with Crippen molar-refractivity contribution in [2.24, 2.45) is 5.92 Å². The van der Waals surface area contributed by atoms with Crippen LogP contribution in [0.15, 0.2) is 18.3 Å². The van der Waals surface area contributed by atoms with E-state index >= 15 is 0 Å². The van der Waals surface area contributed by atoms with E-state index in [1.807, 2.05) is 0 Å². The SMILES string of the molecule is O=C(O)c1cccnc1NCC1CC2CCC(C1)S2(=O)=O. The summed E-state index contributed by atoms with van der Waals surface area (Å²) in [5, 5.41) is 11.8. The Morgan fingerprint density at radius 1 is 1.33 bits per heavy atom. The van der Waals surface area contributed by atoms with Gasteiger partial charge in [-0.2, -0.15) is 0 Å². The Bertz CT molecular complexity index is 639. The Morgan fingerprint density at radius 2 is 2.00 bits per heavy atom. The molecule has 2 atom stereocenters. The lowest BCUT2D eigenvalue weighted by Gasteiger charge is -2.28. The molecule has 1 aromatic rings. The smallest absolute Gasteiger partial charge is 0.339 e. The summed E-state index contributed by atoms with van der Waals surface area (Å²) in [6.07, 6.45) is 4.42. The molecule has 2 aliphatic rings. The van der Waals surface area contributed by atoms with Crippen LogP contribution in [0.25, 0.3) is 0 Å². The van der Waals surface area contributed by atoms with Crippen LogP contribution in [0.1, 0.15) is 36.0 Å². The Balaban J connectivity index is 1.66. The molecule has 1 aromatic heterocycles. The largest absolute Gasteiger partial charge is 0.478 e. The van der Waals surface area contributed by atoms with Crippen molar-refractivity contribution in [1.82, 2.24) is 4.98 Å². The molecule has 0 aromatic carbocycles. The summed E-state index contributed by atoms with van der Waals surface area (Å²) in [4.78, 5) is 15.2. The van der Waals surface area contributed by atoms with Crippen LogP contribution >= 0.6 is 0 Å². The molecule has 2 saturated heterocycles. The highest BCUT2D eigenvalue weighted by Crippen LogP contribution is 2.41. The first kappa shape index (κ1) is 14.3. The molecular formula is C14H18N2O4S. The summed E-state index contributed by atoms with van der Waals surface area (Å²) >= 11 is 0. The molecule has 3 rings (SSSR count). The molecule has 2 fully saturated rings. The fraction of sp³-hybridized carbons (Fsp3) is 0.571. The number of pyridine rings is 1. The van der Waals surface area contributed by atoms with Crippen LogP contribution in [0.4, 0.5) is 5.82 Å². The van der Waals surface area contributed by atoms with Crippen LogP contribution in [0.2, 0.25) is 0 Å². The van der Waals surface area contributed by atoms with E-state index in [0.29, 0.717) is 25.2 Å².